The summed E-state index contributed by atoms with van der Waals surface area (Å²) in [5.41, 5.74) is 0.546. The number of carbonyl (C=O) groups excluding carboxylic acids is 3. The van der Waals surface area contributed by atoms with Gasteiger partial charge in [-0.05, 0) is 38.2 Å². The lowest BCUT2D eigenvalue weighted by Gasteiger charge is -2.22. The first-order valence-corrected chi connectivity index (χ1v) is 12.4. The summed E-state index contributed by atoms with van der Waals surface area (Å²) in [6.45, 7) is 1.41. The Bertz CT molecular complexity index is 1350. The molecule has 11 nitrogen and oxygen atoms in total. The van der Waals surface area contributed by atoms with Gasteiger partial charge in [-0.1, -0.05) is 52.5 Å². The molecule has 0 fully saturated rings. The Morgan fingerprint density at radius 1 is 1.16 bits per heavy atom. The number of anilines is 2. The number of ether oxygens (including phenoxy) is 2. The molecular weight excluding hydrogens is 582 g/mol. The lowest BCUT2D eigenvalue weighted by molar-refractivity contribution is -0.143. The molecule has 0 saturated heterocycles. The number of nitrogens with zero attached hydrogens (tertiary/aromatic N) is 4. The maximum absolute atomic E-state index is 12.9. The Morgan fingerprint density at radius 3 is 2.58 bits per heavy atom. The van der Waals surface area contributed by atoms with Crippen LogP contribution in [0.2, 0.25) is 20.2 Å². The van der Waals surface area contributed by atoms with Gasteiger partial charge in [-0.2, -0.15) is 5.10 Å². The second-order valence-corrected chi connectivity index (χ2v) is 9.28. The number of pyridine rings is 1. The van der Waals surface area contributed by atoms with Crippen LogP contribution in [0.5, 0.6) is 0 Å². The number of rotatable bonds is 9. The summed E-state index contributed by atoms with van der Waals surface area (Å²) in [6, 6.07) is 7.83. The number of aromatic nitrogens is 3. The highest BCUT2D eigenvalue weighted by molar-refractivity contribution is 6.43. The number of hydrogen-bond donors (Lipinski definition) is 2. The SMILES string of the molecule is CNCC(=O)OCc1cccnc1N(C)C(=O)OC(C)n1nc(C(=O)Nc2ccc(Cl)cc2Cl)c(Cl)c1Cl. The van der Waals surface area contributed by atoms with Crippen LogP contribution in [-0.4, -0.2) is 53.4 Å². The molecule has 3 rings (SSSR count). The summed E-state index contributed by atoms with van der Waals surface area (Å²) in [5, 5.41) is 9.71. The third kappa shape index (κ3) is 7.06. The molecule has 0 saturated carbocycles. The van der Waals surface area contributed by atoms with E-state index in [1.807, 2.05) is 0 Å². The molecule has 0 aliphatic heterocycles. The number of likely N-dealkylation sites (N-methyl/N-ethyl adjacent to an activating group) is 1. The van der Waals surface area contributed by atoms with Crippen LogP contribution < -0.4 is 15.5 Å². The minimum Gasteiger partial charge on any atom is -0.460 e. The predicted octanol–water partition coefficient (Wildman–Crippen LogP) is 5.20. The van der Waals surface area contributed by atoms with E-state index >= 15 is 0 Å². The van der Waals surface area contributed by atoms with Gasteiger partial charge in [0, 0.05) is 23.8 Å². The normalized spacial score (nSPS) is 11.6. The van der Waals surface area contributed by atoms with Gasteiger partial charge >= 0.3 is 12.1 Å². The molecule has 0 spiro atoms. The fourth-order valence-electron chi connectivity index (χ4n) is 3.11. The van der Waals surface area contributed by atoms with Crippen LogP contribution in [0, 0.1) is 0 Å². The van der Waals surface area contributed by atoms with Gasteiger partial charge in [-0.3, -0.25) is 14.5 Å². The Morgan fingerprint density at radius 2 is 1.89 bits per heavy atom. The van der Waals surface area contributed by atoms with E-state index in [1.54, 1.807) is 25.2 Å². The summed E-state index contributed by atoms with van der Waals surface area (Å²) >= 11 is 24.5. The van der Waals surface area contributed by atoms with Crippen molar-refractivity contribution in [2.75, 3.05) is 30.9 Å². The molecule has 202 valence electrons. The lowest BCUT2D eigenvalue weighted by Crippen LogP contribution is -2.31. The van der Waals surface area contributed by atoms with E-state index < -0.39 is 24.2 Å². The Balaban J connectivity index is 1.73. The third-order valence-electron chi connectivity index (χ3n) is 4.98. The van der Waals surface area contributed by atoms with E-state index in [-0.39, 0.29) is 45.5 Å². The first-order valence-electron chi connectivity index (χ1n) is 10.9. The van der Waals surface area contributed by atoms with Crippen LogP contribution in [0.1, 0.15) is 29.2 Å². The highest BCUT2D eigenvalue weighted by atomic mass is 35.5. The van der Waals surface area contributed by atoms with Gasteiger partial charge in [-0.15, -0.1) is 0 Å². The van der Waals surface area contributed by atoms with E-state index in [9.17, 15) is 14.4 Å². The minimum absolute atomic E-state index is 0.0327. The van der Waals surface area contributed by atoms with Crippen molar-refractivity contribution in [3.05, 3.63) is 68.0 Å². The molecule has 3 aromatic rings. The second kappa shape index (κ2) is 13.1. The van der Waals surface area contributed by atoms with E-state index in [1.165, 1.54) is 32.3 Å². The molecule has 0 aliphatic carbocycles. The highest BCUT2D eigenvalue weighted by Crippen LogP contribution is 2.31. The average molecular weight is 604 g/mol. The number of amides is 2. The number of carbonyl (C=O) groups is 3. The maximum Gasteiger partial charge on any atom is 0.417 e. The minimum atomic E-state index is -1.07. The van der Waals surface area contributed by atoms with Gasteiger partial charge in [0.25, 0.3) is 5.91 Å². The lowest BCUT2D eigenvalue weighted by atomic mass is 10.2. The van der Waals surface area contributed by atoms with Crippen LogP contribution in [0.3, 0.4) is 0 Å². The topological polar surface area (TPSA) is 128 Å². The molecule has 2 N–H and O–H groups in total. The van der Waals surface area contributed by atoms with Gasteiger partial charge in [0.05, 0.1) is 17.3 Å². The second-order valence-electron chi connectivity index (χ2n) is 7.70. The number of benzene rings is 1. The molecule has 2 heterocycles. The van der Waals surface area contributed by atoms with Crippen LogP contribution in [0.4, 0.5) is 16.3 Å². The van der Waals surface area contributed by atoms with Gasteiger partial charge < -0.3 is 20.1 Å². The van der Waals surface area contributed by atoms with E-state index in [0.29, 0.717) is 10.6 Å². The summed E-state index contributed by atoms with van der Waals surface area (Å²) in [7, 11) is 3.05. The molecule has 0 aliphatic rings. The molecule has 2 amide bonds. The first-order chi connectivity index (χ1) is 18.0. The Labute approximate surface area is 237 Å². The molecule has 0 bridgehead atoms. The smallest absolute Gasteiger partial charge is 0.417 e. The Hall–Kier alpha value is -3.09. The number of nitrogens with one attached hydrogen (secondary N) is 2. The van der Waals surface area contributed by atoms with E-state index in [2.05, 4.69) is 20.7 Å². The van der Waals surface area contributed by atoms with Crippen molar-refractivity contribution in [1.82, 2.24) is 20.1 Å². The van der Waals surface area contributed by atoms with Crippen molar-refractivity contribution in [2.45, 2.75) is 19.8 Å². The number of esters is 1. The average Bonchev–Trinajstić information content (AvgIpc) is 3.18. The summed E-state index contributed by atoms with van der Waals surface area (Å²) < 4.78 is 11.7. The van der Waals surface area contributed by atoms with Crippen molar-refractivity contribution >= 4 is 75.9 Å². The zero-order valence-electron chi connectivity index (χ0n) is 20.3. The summed E-state index contributed by atoms with van der Waals surface area (Å²) in [5.74, 6) is -0.947. The largest absolute Gasteiger partial charge is 0.460 e. The third-order valence-corrected chi connectivity index (χ3v) is 6.34. The first kappa shape index (κ1) is 29.5. The van der Waals surface area contributed by atoms with Crippen LogP contribution >= 0.6 is 46.4 Å². The van der Waals surface area contributed by atoms with Crippen molar-refractivity contribution < 1.29 is 23.9 Å². The van der Waals surface area contributed by atoms with Gasteiger partial charge in [0.1, 0.15) is 17.4 Å². The fraction of sp³-hybridized carbons (Fsp3) is 0.261. The monoisotopic (exact) mass is 602 g/mol. The van der Waals surface area contributed by atoms with Crippen LogP contribution in [0.15, 0.2) is 36.5 Å². The van der Waals surface area contributed by atoms with Gasteiger partial charge in [0.2, 0.25) is 0 Å². The molecule has 38 heavy (non-hydrogen) atoms. The fourth-order valence-corrected chi connectivity index (χ4v) is 4.04. The quantitative estimate of drug-likeness (QED) is 0.320. The molecule has 2 aromatic heterocycles. The summed E-state index contributed by atoms with van der Waals surface area (Å²) in [6.07, 6.45) is -0.416. The van der Waals surface area contributed by atoms with E-state index in [0.717, 1.165) is 9.58 Å². The molecule has 0 radical (unpaired) electrons. The molecule has 1 unspecified atom stereocenters. The zero-order valence-corrected chi connectivity index (χ0v) is 23.3. The number of halogens is 4. The zero-order chi connectivity index (χ0) is 28.0. The highest BCUT2D eigenvalue weighted by Gasteiger charge is 2.27. The standard InChI is InChI=1S/C23H22Cl4N6O5/c1-12(38-23(36)32(3)21-13(5-4-8-29-21)11-37-17(34)10-28-2)33-20(27)18(26)19(31-33)22(35)30-16-7-6-14(24)9-15(16)25/h4-9,12,28H,10-11H2,1-3H3,(H,30,35). The van der Waals surface area contributed by atoms with E-state index in [4.69, 9.17) is 55.9 Å². The Kier molecular flexibility index (Phi) is 10.2. The van der Waals surface area contributed by atoms with Crippen molar-refractivity contribution in [3.63, 3.8) is 0 Å². The number of hydrogen-bond acceptors (Lipinski definition) is 8. The maximum atomic E-state index is 12.9. The predicted molar refractivity (Wildman–Crippen MR) is 144 cm³/mol. The summed E-state index contributed by atoms with van der Waals surface area (Å²) in [4.78, 5) is 42.7. The van der Waals surface area contributed by atoms with Crippen molar-refractivity contribution in [1.29, 1.82) is 0 Å². The van der Waals surface area contributed by atoms with Crippen LogP contribution in [-0.2, 0) is 20.9 Å². The molecular formula is C23H22Cl4N6O5. The molecule has 1 atom stereocenters. The van der Waals surface area contributed by atoms with Crippen LogP contribution in [0.25, 0.3) is 0 Å². The van der Waals surface area contributed by atoms with Gasteiger partial charge in [0.15, 0.2) is 17.1 Å². The van der Waals surface area contributed by atoms with Gasteiger partial charge in [-0.25, -0.2) is 14.5 Å². The molecule has 15 heteroatoms. The molecule has 1 aromatic carbocycles. The van der Waals surface area contributed by atoms with Crippen molar-refractivity contribution in [3.8, 4) is 0 Å². The van der Waals surface area contributed by atoms with Crippen molar-refractivity contribution in [2.24, 2.45) is 0 Å².